The molecular formula is C35H43N3O5S. The number of nitrogens with zero attached hydrogens (tertiary/aromatic N) is 2. The molecule has 5 rings (SSSR count). The number of aromatic nitrogens is 1. The van der Waals surface area contributed by atoms with Crippen molar-refractivity contribution in [1.29, 1.82) is 0 Å². The molecule has 8 nitrogen and oxygen atoms in total. The van der Waals surface area contributed by atoms with E-state index in [-0.39, 0.29) is 29.4 Å². The molecule has 1 aliphatic carbocycles. The first-order valence-corrected chi connectivity index (χ1v) is 17.3. The average Bonchev–Trinajstić information content (AvgIpc) is 3.28. The summed E-state index contributed by atoms with van der Waals surface area (Å²) in [5.41, 5.74) is 4.25. The van der Waals surface area contributed by atoms with Crippen LogP contribution in [0.25, 0.3) is 10.9 Å². The lowest BCUT2D eigenvalue weighted by molar-refractivity contribution is 0.0919. The Hall–Kier alpha value is -3.82. The van der Waals surface area contributed by atoms with Gasteiger partial charge in [-0.1, -0.05) is 74.6 Å². The lowest BCUT2D eigenvalue weighted by Crippen LogP contribution is -2.37. The number of carbonyl (C=O) groups excluding carboxylic acids is 1. The van der Waals surface area contributed by atoms with Gasteiger partial charge in [0.2, 0.25) is 0 Å². The monoisotopic (exact) mass is 617 g/mol. The Morgan fingerprint density at radius 3 is 2.14 bits per heavy atom. The fourth-order valence-electron chi connectivity index (χ4n) is 6.34. The fraction of sp³-hybridized carbons (Fsp3) is 0.400. The van der Waals surface area contributed by atoms with Crippen LogP contribution in [0.3, 0.4) is 0 Å². The van der Waals surface area contributed by atoms with Gasteiger partial charge in [-0.05, 0) is 68.4 Å². The van der Waals surface area contributed by atoms with Gasteiger partial charge in [0.05, 0.1) is 6.26 Å². The van der Waals surface area contributed by atoms with Crippen LogP contribution in [0, 0.1) is 0 Å². The molecule has 1 amide bonds. The summed E-state index contributed by atoms with van der Waals surface area (Å²) in [5, 5.41) is 14.6. The first kappa shape index (κ1) is 31.6. The van der Waals surface area contributed by atoms with Crippen LogP contribution < -0.4 is 9.50 Å². The third-order valence-electron chi connectivity index (χ3n) is 8.41. The molecule has 0 bridgehead atoms. The predicted octanol–water partition coefficient (Wildman–Crippen LogP) is 6.27. The van der Waals surface area contributed by atoms with Crippen LogP contribution in [-0.4, -0.2) is 61.8 Å². The molecule has 1 aromatic heterocycles. The maximum Gasteiger partial charge on any atom is 0.306 e. The van der Waals surface area contributed by atoms with E-state index in [1.54, 1.807) is 24.3 Å². The van der Waals surface area contributed by atoms with E-state index in [0.29, 0.717) is 12.2 Å². The van der Waals surface area contributed by atoms with Gasteiger partial charge in [0, 0.05) is 41.5 Å². The van der Waals surface area contributed by atoms with Gasteiger partial charge in [-0.3, -0.25) is 4.79 Å². The number of fused-ring (bicyclic) bond motifs is 1. The van der Waals surface area contributed by atoms with Gasteiger partial charge in [0.25, 0.3) is 5.91 Å². The van der Waals surface area contributed by atoms with Crippen molar-refractivity contribution in [2.75, 3.05) is 26.9 Å². The predicted molar refractivity (Wildman–Crippen MR) is 175 cm³/mol. The Morgan fingerprint density at radius 2 is 1.52 bits per heavy atom. The summed E-state index contributed by atoms with van der Waals surface area (Å²) in [6.45, 7) is 1.38. The zero-order chi connectivity index (χ0) is 31.3. The Labute approximate surface area is 260 Å². The number of para-hydroxylation sites is 1. The van der Waals surface area contributed by atoms with Gasteiger partial charge in [-0.15, -0.1) is 0 Å². The number of amides is 1. The maximum atomic E-state index is 14.5. The molecular weight excluding hydrogens is 574 g/mol. The van der Waals surface area contributed by atoms with Gasteiger partial charge < -0.3 is 24.1 Å². The molecule has 0 saturated heterocycles. The first-order chi connectivity index (χ1) is 21.1. The number of likely N-dealkylation sites (N-methyl/N-ethyl adjacent to an activating group) is 1. The van der Waals surface area contributed by atoms with Gasteiger partial charge in [-0.2, -0.15) is 8.42 Å². The highest BCUT2D eigenvalue weighted by atomic mass is 32.2. The van der Waals surface area contributed by atoms with Crippen molar-refractivity contribution in [3.8, 4) is 11.5 Å². The Morgan fingerprint density at radius 1 is 0.932 bits per heavy atom. The molecule has 234 valence electrons. The third kappa shape index (κ3) is 7.63. The van der Waals surface area contributed by atoms with Crippen molar-refractivity contribution in [2.45, 2.75) is 63.5 Å². The number of carbonyl (C=O) groups is 1. The highest BCUT2D eigenvalue weighted by Crippen LogP contribution is 2.41. The Balaban J connectivity index is 1.70. The van der Waals surface area contributed by atoms with Crippen LogP contribution in [0.1, 0.15) is 78.0 Å². The van der Waals surface area contributed by atoms with Gasteiger partial charge >= 0.3 is 10.1 Å². The van der Waals surface area contributed by atoms with Crippen LogP contribution in [0.5, 0.6) is 11.5 Å². The maximum absolute atomic E-state index is 14.5. The van der Waals surface area contributed by atoms with Crippen molar-refractivity contribution in [3.05, 3.63) is 95.2 Å². The number of nitrogens with one attached hydrogen (secondary N) is 1. The summed E-state index contributed by atoms with van der Waals surface area (Å²) in [5.74, 6) is -0.0933. The van der Waals surface area contributed by atoms with Crippen LogP contribution in [0.15, 0.2) is 72.8 Å². The molecule has 0 radical (unpaired) electrons. The van der Waals surface area contributed by atoms with E-state index in [1.165, 1.54) is 19.3 Å². The minimum atomic E-state index is -3.68. The second-order valence-corrected chi connectivity index (χ2v) is 13.7. The first-order valence-electron chi connectivity index (χ1n) is 15.5. The number of phenols is 1. The normalized spacial score (nSPS) is 15.5. The van der Waals surface area contributed by atoms with Gasteiger partial charge in [0.15, 0.2) is 0 Å². The molecule has 4 aromatic rings. The molecule has 0 spiro atoms. The molecule has 2 N–H and O–H groups in total. The van der Waals surface area contributed by atoms with Crippen molar-refractivity contribution < 1.29 is 22.5 Å². The largest absolute Gasteiger partial charge is 0.508 e. The zero-order valence-corrected chi connectivity index (χ0v) is 26.6. The highest BCUT2D eigenvalue weighted by molar-refractivity contribution is 7.86. The van der Waals surface area contributed by atoms with Gasteiger partial charge in [0.1, 0.15) is 17.2 Å². The number of aromatic hydroxyl groups is 1. The van der Waals surface area contributed by atoms with E-state index in [2.05, 4.69) is 26.9 Å². The quantitative estimate of drug-likeness (QED) is 0.204. The van der Waals surface area contributed by atoms with Crippen LogP contribution >= 0.6 is 0 Å². The summed E-state index contributed by atoms with van der Waals surface area (Å²) in [6.07, 6.45) is 8.84. The Bertz CT molecular complexity index is 1670. The van der Waals surface area contributed by atoms with E-state index in [0.717, 1.165) is 66.1 Å². The molecule has 1 fully saturated rings. The van der Waals surface area contributed by atoms with E-state index < -0.39 is 10.1 Å². The molecule has 1 unspecified atom stereocenters. The van der Waals surface area contributed by atoms with E-state index in [4.69, 9.17) is 4.18 Å². The molecule has 9 heteroatoms. The summed E-state index contributed by atoms with van der Waals surface area (Å²) in [6, 6.07) is 22.3. The van der Waals surface area contributed by atoms with Crippen molar-refractivity contribution in [3.63, 3.8) is 0 Å². The zero-order valence-electron chi connectivity index (χ0n) is 25.8. The lowest BCUT2D eigenvalue weighted by Gasteiger charge is -2.24. The number of phenolic OH excluding ortho intramolecular Hbond substituents is 1. The molecule has 1 saturated carbocycles. The summed E-state index contributed by atoms with van der Waals surface area (Å²) in [4.78, 5) is 16.6. The minimum absolute atomic E-state index is 0.0821. The van der Waals surface area contributed by atoms with E-state index >= 15 is 0 Å². The average molecular weight is 618 g/mol. The molecule has 44 heavy (non-hydrogen) atoms. The summed E-state index contributed by atoms with van der Waals surface area (Å²) >= 11 is 0. The number of hydrogen-bond donors (Lipinski definition) is 2. The van der Waals surface area contributed by atoms with Crippen molar-refractivity contribution >= 4 is 26.9 Å². The molecule has 3 aromatic carbocycles. The highest BCUT2D eigenvalue weighted by Gasteiger charge is 2.31. The fourth-order valence-corrected chi connectivity index (χ4v) is 6.80. The molecule has 1 aliphatic rings. The second-order valence-electron chi connectivity index (χ2n) is 12.1. The minimum Gasteiger partial charge on any atom is -0.508 e. The molecule has 0 aliphatic heterocycles. The lowest BCUT2D eigenvalue weighted by atomic mass is 9.83. The van der Waals surface area contributed by atoms with E-state index in [9.17, 15) is 18.3 Å². The topological polar surface area (TPSA) is 101 Å². The summed E-state index contributed by atoms with van der Waals surface area (Å²) < 4.78 is 30.8. The SMILES string of the molecule is CN(C)CCn1c(C(=O)NC2CCCCCCC2)c(C(c2ccc(O)cc2)c2ccc(OS(C)(=O)=O)cc2)c2ccccc21. The standard InChI is InChI=1S/C35H43N3O5S/c1-37(2)23-24-38-31-14-10-9-13-30(31)33(34(38)35(40)36-27-11-7-5-4-6-8-12-27)32(25-15-19-28(39)20-16-25)26-17-21-29(22-18-26)43-44(3,41)42/h9-10,13-22,27,32,39H,4-8,11-12,23-24H2,1-3H3,(H,36,40). The number of rotatable bonds is 10. The van der Waals surface area contributed by atoms with Crippen LogP contribution in [-0.2, 0) is 16.7 Å². The van der Waals surface area contributed by atoms with Crippen LogP contribution in [0.2, 0.25) is 0 Å². The summed E-state index contributed by atoms with van der Waals surface area (Å²) in [7, 11) is 0.373. The molecule has 1 heterocycles. The third-order valence-corrected chi connectivity index (χ3v) is 8.91. The van der Waals surface area contributed by atoms with Gasteiger partial charge in [-0.25, -0.2) is 0 Å². The smallest absolute Gasteiger partial charge is 0.306 e. The molecule has 1 atom stereocenters. The van der Waals surface area contributed by atoms with E-state index in [1.807, 2.05) is 50.5 Å². The number of benzene rings is 3. The van der Waals surface area contributed by atoms with Crippen molar-refractivity contribution in [2.24, 2.45) is 0 Å². The van der Waals surface area contributed by atoms with Crippen LogP contribution in [0.4, 0.5) is 0 Å². The Kier molecular flexibility index (Phi) is 9.96. The van der Waals surface area contributed by atoms with Crippen molar-refractivity contribution in [1.82, 2.24) is 14.8 Å². The second kappa shape index (κ2) is 13.9. The number of hydrogen-bond acceptors (Lipinski definition) is 6.